The van der Waals surface area contributed by atoms with Gasteiger partial charge in [0.1, 0.15) is 5.01 Å². The monoisotopic (exact) mass is 399 g/mol. The van der Waals surface area contributed by atoms with Gasteiger partial charge in [-0.15, -0.1) is 11.3 Å². The summed E-state index contributed by atoms with van der Waals surface area (Å²) in [6, 6.07) is 6.21. The second-order valence-corrected chi connectivity index (χ2v) is 8.75. The number of benzene rings is 1. The molecule has 27 heavy (non-hydrogen) atoms. The van der Waals surface area contributed by atoms with Crippen LogP contribution in [0.5, 0.6) is 0 Å². The van der Waals surface area contributed by atoms with Crippen LogP contribution in [0.3, 0.4) is 0 Å². The van der Waals surface area contributed by atoms with Crippen LogP contribution in [0.15, 0.2) is 60.7 Å². The third-order valence-corrected chi connectivity index (χ3v) is 5.79. The van der Waals surface area contributed by atoms with Crippen molar-refractivity contribution in [3.63, 3.8) is 0 Å². The fourth-order valence-electron chi connectivity index (χ4n) is 2.22. The predicted molar refractivity (Wildman–Crippen MR) is 118 cm³/mol. The fraction of sp³-hybridized carbons (Fsp3) is 0.238. The lowest BCUT2D eigenvalue weighted by Crippen LogP contribution is -2.29. The molecule has 1 amide bonds. The van der Waals surface area contributed by atoms with Crippen molar-refractivity contribution in [3.05, 3.63) is 66.4 Å². The number of nitrogens with zero attached hydrogens (tertiary/aromatic N) is 1. The minimum atomic E-state index is -0.0272. The molecule has 0 saturated carbocycles. The van der Waals surface area contributed by atoms with E-state index < -0.39 is 0 Å². The highest BCUT2D eigenvalue weighted by Gasteiger charge is 2.15. The van der Waals surface area contributed by atoms with E-state index in [1.165, 1.54) is 0 Å². The van der Waals surface area contributed by atoms with Crippen LogP contribution in [0, 0.1) is 0 Å². The van der Waals surface area contributed by atoms with Crippen LogP contribution in [-0.2, 0) is 11.3 Å². The van der Waals surface area contributed by atoms with Gasteiger partial charge in [0, 0.05) is 34.3 Å². The Morgan fingerprint density at radius 3 is 2.74 bits per heavy atom. The van der Waals surface area contributed by atoms with Crippen LogP contribution in [0.2, 0.25) is 0 Å². The third kappa shape index (κ3) is 6.20. The van der Waals surface area contributed by atoms with Crippen LogP contribution < -0.4 is 10.0 Å². The highest BCUT2D eigenvalue weighted by molar-refractivity contribution is 7.97. The molecule has 2 rings (SSSR count). The highest BCUT2D eigenvalue weighted by atomic mass is 32.2. The summed E-state index contributed by atoms with van der Waals surface area (Å²) in [4.78, 5) is 17.3. The number of aromatic nitrogens is 1. The molecule has 2 N–H and O–H groups in total. The van der Waals surface area contributed by atoms with Gasteiger partial charge >= 0.3 is 0 Å². The maximum Gasteiger partial charge on any atom is 0.207 e. The van der Waals surface area contributed by atoms with E-state index in [0.717, 1.165) is 31.5 Å². The summed E-state index contributed by atoms with van der Waals surface area (Å²) in [5, 5.41) is 3.62. The first-order valence-corrected chi connectivity index (χ1v) is 10.2. The number of amides is 1. The van der Waals surface area contributed by atoms with Gasteiger partial charge in [-0.3, -0.25) is 9.52 Å². The molecule has 0 radical (unpaired) electrons. The van der Waals surface area contributed by atoms with E-state index in [1.54, 1.807) is 35.4 Å². The molecule has 0 aliphatic rings. The number of thiazole rings is 1. The first kappa shape index (κ1) is 21.2. The summed E-state index contributed by atoms with van der Waals surface area (Å²) < 4.78 is 3.46. The summed E-state index contributed by atoms with van der Waals surface area (Å²) in [6.45, 7) is 14.5. The molecule has 1 aromatic carbocycles. The minimum absolute atomic E-state index is 0.0272. The number of hydrogen-bond donors (Lipinski definition) is 2. The number of rotatable bonds is 9. The molecule has 6 heteroatoms. The lowest BCUT2D eigenvalue weighted by Gasteiger charge is -2.20. The molecular formula is C21H25N3OS2. The molecule has 0 aliphatic heterocycles. The Bertz CT molecular complexity index is 847. The molecule has 0 bridgehead atoms. The molecule has 142 valence electrons. The van der Waals surface area contributed by atoms with Gasteiger partial charge < -0.3 is 5.32 Å². The fourth-order valence-corrected chi connectivity index (χ4v) is 4.17. The van der Waals surface area contributed by atoms with Crippen molar-refractivity contribution in [1.29, 1.82) is 0 Å². The van der Waals surface area contributed by atoms with Crippen LogP contribution >= 0.6 is 23.3 Å². The van der Waals surface area contributed by atoms with Crippen molar-refractivity contribution >= 4 is 35.3 Å². The van der Waals surface area contributed by atoms with Crippen molar-refractivity contribution in [2.75, 3.05) is 0 Å². The average Bonchev–Trinajstić information content (AvgIpc) is 3.11. The van der Waals surface area contributed by atoms with E-state index in [4.69, 9.17) is 0 Å². The zero-order chi connectivity index (χ0) is 19.9. The molecule has 1 aromatic heterocycles. The Labute approximate surface area is 169 Å². The van der Waals surface area contributed by atoms with Gasteiger partial charge in [-0.25, -0.2) is 4.98 Å². The number of allylic oxidation sites excluding steroid dienone is 4. The molecular weight excluding hydrogens is 374 g/mol. The summed E-state index contributed by atoms with van der Waals surface area (Å²) in [6.07, 6.45) is 8.03. The van der Waals surface area contributed by atoms with E-state index in [0.29, 0.717) is 13.0 Å². The average molecular weight is 400 g/mol. The Balaban J connectivity index is 2.40. The molecule has 4 nitrogen and oxygen atoms in total. The SMILES string of the molecule is C=C/C=C(\C=C)c1ncc(-c2ccc(CNC=O)cc2SNC(C)(C)C)s1. The number of nitrogens with one attached hydrogen (secondary N) is 2. The molecule has 0 fully saturated rings. The zero-order valence-electron chi connectivity index (χ0n) is 15.9. The highest BCUT2D eigenvalue weighted by Crippen LogP contribution is 2.36. The van der Waals surface area contributed by atoms with Crippen LogP contribution in [0.4, 0.5) is 0 Å². The van der Waals surface area contributed by atoms with Crippen molar-refractivity contribution < 1.29 is 4.79 Å². The van der Waals surface area contributed by atoms with Crippen molar-refractivity contribution in [1.82, 2.24) is 15.0 Å². The first-order valence-electron chi connectivity index (χ1n) is 8.53. The summed E-state index contributed by atoms with van der Waals surface area (Å²) in [5.74, 6) is 0. The van der Waals surface area contributed by atoms with Crippen LogP contribution in [0.25, 0.3) is 16.0 Å². The van der Waals surface area contributed by atoms with E-state index in [1.807, 2.05) is 18.3 Å². The van der Waals surface area contributed by atoms with Crippen LogP contribution in [0.1, 0.15) is 31.3 Å². The molecule has 0 spiro atoms. The van der Waals surface area contributed by atoms with E-state index in [2.05, 4.69) is 61.1 Å². The number of carbonyl (C=O) groups is 1. The summed E-state index contributed by atoms with van der Waals surface area (Å²) >= 11 is 3.21. The van der Waals surface area contributed by atoms with Gasteiger partial charge in [0.15, 0.2) is 0 Å². The third-order valence-electron chi connectivity index (χ3n) is 3.44. The van der Waals surface area contributed by atoms with E-state index >= 15 is 0 Å². The largest absolute Gasteiger partial charge is 0.355 e. The zero-order valence-corrected chi connectivity index (χ0v) is 17.5. The standard InChI is InChI=1S/C21H25N3OS2/c1-6-8-16(7-2)20-23-13-19(26-20)17-10-9-15(12-22-14-25)11-18(17)27-24-21(3,4)5/h6-11,13-14,24H,1-2,12H2,3-5H3,(H,22,25)/b16-8+. The molecule has 0 unspecified atom stereocenters. The summed E-state index contributed by atoms with van der Waals surface area (Å²) in [7, 11) is 0. The first-order chi connectivity index (χ1) is 12.9. The Morgan fingerprint density at radius 2 is 2.11 bits per heavy atom. The summed E-state index contributed by atoms with van der Waals surface area (Å²) in [5.41, 5.74) is 3.08. The second-order valence-electron chi connectivity index (χ2n) is 6.87. The smallest absolute Gasteiger partial charge is 0.207 e. The van der Waals surface area contributed by atoms with E-state index in [-0.39, 0.29) is 5.54 Å². The van der Waals surface area contributed by atoms with Crippen LogP contribution in [-0.4, -0.2) is 16.9 Å². The van der Waals surface area contributed by atoms with Gasteiger partial charge in [-0.05, 0) is 44.3 Å². The maximum atomic E-state index is 10.6. The Hall–Kier alpha value is -2.15. The topological polar surface area (TPSA) is 54.0 Å². The molecule has 0 atom stereocenters. The Kier molecular flexibility index (Phi) is 7.59. The quantitative estimate of drug-likeness (QED) is 0.345. The number of carbonyl (C=O) groups excluding carboxylic acids is 1. The van der Waals surface area contributed by atoms with Gasteiger partial charge in [0.25, 0.3) is 0 Å². The lowest BCUT2D eigenvalue weighted by molar-refractivity contribution is -0.109. The molecule has 0 saturated heterocycles. The van der Waals surface area contributed by atoms with Gasteiger partial charge in [-0.2, -0.15) is 0 Å². The van der Waals surface area contributed by atoms with Crippen molar-refractivity contribution in [3.8, 4) is 10.4 Å². The lowest BCUT2D eigenvalue weighted by atomic mass is 10.1. The number of hydrogen-bond acceptors (Lipinski definition) is 5. The molecule has 2 aromatic rings. The van der Waals surface area contributed by atoms with Gasteiger partial charge in [0.05, 0.1) is 4.88 Å². The van der Waals surface area contributed by atoms with E-state index in [9.17, 15) is 4.79 Å². The van der Waals surface area contributed by atoms with Crippen molar-refractivity contribution in [2.24, 2.45) is 0 Å². The van der Waals surface area contributed by atoms with Gasteiger partial charge in [0.2, 0.25) is 6.41 Å². The minimum Gasteiger partial charge on any atom is -0.355 e. The second kappa shape index (κ2) is 9.69. The maximum absolute atomic E-state index is 10.6. The Morgan fingerprint density at radius 1 is 1.33 bits per heavy atom. The molecule has 1 heterocycles. The predicted octanol–water partition coefficient (Wildman–Crippen LogP) is 5.21. The molecule has 0 aliphatic carbocycles. The normalized spacial score (nSPS) is 11.9. The van der Waals surface area contributed by atoms with Gasteiger partial charge in [-0.1, -0.05) is 43.5 Å². The van der Waals surface area contributed by atoms with Crippen molar-refractivity contribution in [2.45, 2.75) is 37.8 Å².